The second-order valence-electron chi connectivity index (χ2n) is 6.23. The largest absolute Gasteiger partial charge is 0.263 e. The lowest BCUT2D eigenvalue weighted by Gasteiger charge is -2.05. The van der Waals surface area contributed by atoms with Crippen LogP contribution in [0.1, 0.15) is 12.0 Å². The van der Waals surface area contributed by atoms with Crippen molar-refractivity contribution in [2.75, 3.05) is 0 Å². The molecule has 0 fully saturated rings. The highest BCUT2D eigenvalue weighted by molar-refractivity contribution is 5.99. The van der Waals surface area contributed by atoms with E-state index in [0.717, 1.165) is 17.5 Å². The quantitative estimate of drug-likeness (QED) is 0.601. The Kier molecular flexibility index (Phi) is 1.93. The first-order chi connectivity index (χ1) is 11.4. The van der Waals surface area contributed by atoms with Crippen LogP contribution >= 0.6 is 0 Å². The molecule has 2 aliphatic heterocycles. The fourth-order valence-corrected chi connectivity index (χ4v) is 4.08. The van der Waals surface area contributed by atoms with Gasteiger partial charge in [-0.3, -0.25) is 4.99 Å². The summed E-state index contributed by atoms with van der Waals surface area (Å²) < 4.78 is 0. The summed E-state index contributed by atoms with van der Waals surface area (Å²) in [7, 11) is 0. The SMILES string of the molecule is C1=CC2=c3c4c(c5c(c3=CC2=CC1)=Nc1ccccc1-5)C=NC=4. The molecule has 0 bridgehead atoms. The van der Waals surface area contributed by atoms with Crippen molar-refractivity contribution in [2.45, 2.75) is 6.42 Å². The molecule has 0 spiro atoms. The van der Waals surface area contributed by atoms with Crippen molar-refractivity contribution in [1.82, 2.24) is 0 Å². The minimum Gasteiger partial charge on any atom is -0.263 e. The number of aliphatic imine (C=N–C) groups is 1. The van der Waals surface area contributed by atoms with Crippen molar-refractivity contribution in [2.24, 2.45) is 9.98 Å². The third-order valence-electron chi connectivity index (χ3n) is 5.04. The highest BCUT2D eigenvalue weighted by Crippen LogP contribution is 2.33. The zero-order chi connectivity index (χ0) is 15.0. The third-order valence-corrected chi connectivity index (χ3v) is 5.04. The number of allylic oxidation sites excluding steroid dienone is 4. The second-order valence-corrected chi connectivity index (χ2v) is 6.23. The number of benzene rings is 2. The van der Waals surface area contributed by atoms with Crippen LogP contribution in [0.15, 0.2) is 58.1 Å². The Bertz CT molecular complexity index is 1270. The predicted octanol–water partition coefficient (Wildman–Crippen LogP) is 1.62. The van der Waals surface area contributed by atoms with Gasteiger partial charge in [0.25, 0.3) is 0 Å². The molecule has 106 valence electrons. The summed E-state index contributed by atoms with van der Waals surface area (Å²) in [4.78, 5) is 9.41. The van der Waals surface area contributed by atoms with Gasteiger partial charge in [-0.1, -0.05) is 36.4 Å². The van der Waals surface area contributed by atoms with Crippen LogP contribution in [0.5, 0.6) is 0 Å². The van der Waals surface area contributed by atoms with E-state index >= 15 is 0 Å². The second kappa shape index (κ2) is 3.85. The molecule has 0 radical (unpaired) electrons. The zero-order valence-corrected chi connectivity index (χ0v) is 12.4. The monoisotopic (exact) mass is 292 g/mol. The summed E-state index contributed by atoms with van der Waals surface area (Å²) in [5, 5.41) is 4.91. The molecule has 4 aliphatic rings. The summed E-state index contributed by atoms with van der Waals surface area (Å²) in [5.74, 6) is 0. The number of nitrogens with zero attached hydrogens (tertiary/aromatic N) is 2. The fraction of sp³-hybridized carbons (Fsp3) is 0.0476. The molecule has 0 unspecified atom stereocenters. The Morgan fingerprint density at radius 3 is 3.00 bits per heavy atom. The van der Waals surface area contributed by atoms with Gasteiger partial charge in [0.15, 0.2) is 0 Å². The van der Waals surface area contributed by atoms with Gasteiger partial charge in [-0.25, -0.2) is 4.99 Å². The Morgan fingerprint density at radius 2 is 2.00 bits per heavy atom. The minimum absolute atomic E-state index is 1.01. The fourth-order valence-electron chi connectivity index (χ4n) is 4.08. The van der Waals surface area contributed by atoms with E-state index in [9.17, 15) is 0 Å². The lowest BCUT2D eigenvalue weighted by atomic mass is 9.96. The summed E-state index contributed by atoms with van der Waals surface area (Å²) in [5.41, 5.74) is 7.39. The normalized spacial score (nSPS) is 17.4. The maximum absolute atomic E-state index is 4.95. The lowest BCUT2D eigenvalue weighted by Crippen LogP contribution is -2.49. The Balaban J connectivity index is 1.95. The van der Waals surface area contributed by atoms with E-state index in [0.29, 0.717) is 0 Å². The van der Waals surface area contributed by atoms with Gasteiger partial charge < -0.3 is 0 Å². The van der Waals surface area contributed by atoms with Crippen LogP contribution in [-0.4, -0.2) is 6.21 Å². The molecular weight excluding hydrogens is 280 g/mol. The predicted molar refractivity (Wildman–Crippen MR) is 93.3 cm³/mol. The van der Waals surface area contributed by atoms with Gasteiger partial charge in [-0.2, -0.15) is 0 Å². The number of para-hydroxylation sites is 1. The van der Waals surface area contributed by atoms with Gasteiger partial charge in [0, 0.05) is 44.8 Å². The van der Waals surface area contributed by atoms with Crippen LogP contribution in [0.2, 0.25) is 0 Å². The third kappa shape index (κ3) is 1.30. The highest BCUT2D eigenvalue weighted by atomic mass is 14.8. The standard InChI is InChI=1S/C21H12N2/c1-2-6-13-12(5-1)9-15-19(13)16-10-22-11-17(16)20-14-7-3-4-8-18(14)23-21(15)20/h2-11H,1H2. The van der Waals surface area contributed by atoms with Crippen LogP contribution in [0, 0.1) is 0 Å². The van der Waals surface area contributed by atoms with E-state index in [1.807, 2.05) is 12.4 Å². The van der Waals surface area contributed by atoms with Crippen molar-refractivity contribution in [1.29, 1.82) is 0 Å². The molecule has 2 heterocycles. The van der Waals surface area contributed by atoms with Gasteiger partial charge >= 0.3 is 0 Å². The topological polar surface area (TPSA) is 24.7 Å². The molecule has 0 saturated heterocycles. The number of hydrogen-bond acceptors (Lipinski definition) is 2. The van der Waals surface area contributed by atoms with Crippen LogP contribution in [0.3, 0.4) is 0 Å². The van der Waals surface area contributed by atoms with E-state index < -0.39 is 0 Å². The van der Waals surface area contributed by atoms with Crippen molar-refractivity contribution in [3.05, 3.63) is 74.6 Å². The Labute approximate surface area is 132 Å². The van der Waals surface area contributed by atoms with Gasteiger partial charge in [0.2, 0.25) is 0 Å². The maximum Gasteiger partial charge on any atom is 0.0802 e. The molecular formula is C21H12N2. The first kappa shape index (κ1) is 11.6. The molecule has 2 aliphatic carbocycles. The average molecular weight is 292 g/mol. The number of hydrogen-bond donors (Lipinski definition) is 0. The molecule has 23 heavy (non-hydrogen) atoms. The summed E-state index contributed by atoms with van der Waals surface area (Å²) >= 11 is 0. The highest BCUT2D eigenvalue weighted by Gasteiger charge is 2.24. The molecule has 2 heteroatoms. The van der Waals surface area contributed by atoms with E-state index in [1.54, 1.807) is 0 Å². The summed E-state index contributed by atoms with van der Waals surface area (Å²) in [6.45, 7) is 0. The van der Waals surface area contributed by atoms with Gasteiger partial charge in [-0.05, 0) is 29.7 Å². The zero-order valence-electron chi connectivity index (χ0n) is 12.4. The summed E-state index contributed by atoms with van der Waals surface area (Å²) in [6.07, 6.45) is 14.1. The van der Waals surface area contributed by atoms with Gasteiger partial charge in [0.05, 0.1) is 11.0 Å². The molecule has 2 aromatic carbocycles. The molecule has 2 aromatic rings. The maximum atomic E-state index is 4.95. The van der Waals surface area contributed by atoms with E-state index in [4.69, 9.17) is 4.99 Å². The molecule has 0 saturated carbocycles. The number of rotatable bonds is 0. The van der Waals surface area contributed by atoms with Crippen molar-refractivity contribution >= 4 is 29.8 Å². The van der Waals surface area contributed by atoms with E-state index in [2.05, 4.69) is 53.6 Å². The van der Waals surface area contributed by atoms with Crippen molar-refractivity contribution in [3.8, 4) is 11.1 Å². The molecule has 0 atom stereocenters. The van der Waals surface area contributed by atoms with Crippen LogP contribution in [-0.2, 0) is 0 Å². The van der Waals surface area contributed by atoms with Crippen molar-refractivity contribution in [3.63, 3.8) is 0 Å². The smallest absolute Gasteiger partial charge is 0.0802 e. The Hall–Kier alpha value is -3.00. The average Bonchev–Trinajstić information content (AvgIpc) is 3.28. The van der Waals surface area contributed by atoms with Crippen LogP contribution in [0.25, 0.3) is 29.0 Å². The molecule has 0 amide bonds. The van der Waals surface area contributed by atoms with E-state index in [-0.39, 0.29) is 0 Å². The molecule has 0 N–H and O–H groups in total. The van der Waals surface area contributed by atoms with Crippen molar-refractivity contribution < 1.29 is 0 Å². The van der Waals surface area contributed by atoms with E-state index in [1.165, 1.54) is 43.5 Å². The summed E-state index contributed by atoms with van der Waals surface area (Å²) in [6, 6.07) is 8.40. The van der Waals surface area contributed by atoms with Crippen LogP contribution in [0.4, 0.5) is 5.69 Å². The minimum atomic E-state index is 1.01. The Morgan fingerprint density at radius 1 is 1.04 bits per heavy atom. The number of fused-ring (bicyclic) bond motifs is 9. The molecule has 6 rings (SSSR count). The van der Waals surface area contributed by atoms with Gasteiger partial charge in [-0.15, -0.1) is 0 Å². The van der Waals surface area contributed by atoms with Crippen LogP contribution < -0.4 is 21.0 Å². The first-order valence-electron chi connectivity index (χ1n) is 7.92. The lowest BCUT2D eigenvalue weighted by molar-refractivity contribution is 1.32. The molecule has 2 nitrogen and oxygen atoms in total. The van der Waals surface area contributed by atoms with Gasteiger partial charge in [0.1, 0.15) is 0 Å². The molecule has 0 aromatic heterocycles. The first-order valence-corrected chi connectivity index (χ1v) is 7.92.